The number of thiophene rings is 1. The molecule has 13 heavy (non-hydrogen) atoms. The van der Waals surface area contributed by atoms with Crippen LogP contribution in [0.3, 0.4) is 0 Å². The maximum Gasteiger partial charge on any atom is 0.121 e. The smallest absolute Gasteiger partial charge is 0.121 e. The van der Waals surface area contributed by atoms with Crippen molar-refractivity contribution >= 4 is 44.0 Å². The largest absolute Gasteiger partial charge is 0.508 e. The highest BCUT2D eigenvalue weighted by Gasteiger charge is 2.09. The molecule has 1 nitrogen and oxygen atoms in total. The van der Waals surface area contributed by atoms with Crippen LogP contribution < -0.4 is 0 Å². The van der Waals surface area contributed by atoms with Crippen molar-refractivity contribution in [3.05, 3.63) is 26.6 Å². The average Bonchev–Trinajstić information content (AvgIpc) is 2.53. The Morgan fingerprint density at radius 2 is 2.31 bits per heavy atom. The van der Waals surface area contributed by atoms with Crippen molar-refractivity contribution in [2.45, 2.75) is 13.3 Å². The van der Waals surface area contributed by atoms with Crippen LogP contribution in [0.15, 0.2) is 17.5 Å². The van der Waals surface area contributed by atoms with E-state index in [1.807, 2.05) is 6.07 Å². The van der Waals surface area contributed by atoms with E-state index in [1.54, 1.807) is 11.3 Å². The molecule has 0 saturated carbocycles. The second kappa shape index (κ2) is 3.46. The number of phenols is 1. The van der Waals surface area contributed by atoms with Gasteiger partial charge < -0.3 is 5.11 Å². The van der Waals surface area contributed by atoms with Gasteiger partial charge in [0.2, 0.25) is 0 Å². The maximum atomic E-state index is 9.71. The highest BCUT2D eigenvalue weighted by atomic mass is 127. The second-order valence-electron chi connectivity index (χ2n) is 2.87. The summed E-state index contributed by atoms with van der Waals surface area (Å²) in [6.07, 6.45) is 0.889. The van der Waals surface area contributed by atoms with E-state index < -0.39 is 0 Å². The minimum absolute atomic E-state index is 0.432. The molecule has 0 radical (unpaired) electrons. The number of hydrogen-bond donors (Lipinski definition) is 1. The Labute approximate surface area is 94.5 Å². The molecule has 3 heteroatoms. The SMILES string of the molecule is CCc1c(O)cc(I)c2ccsc12. The van der Waals surface area contributed by atoms with Gasteiger partial charge >= 0.3 is 0 Å². The Kier molecular flexibility index (Phi) is 2.47. The summed E-state index contributed by atoms with van der Waals surface area (Å²) in [6.45, 7) is 2.07. The van der Waals surface area contributed by atoms with Gasteiger partial charge in [-0.25, -0.2) is 0 Å². The second-order valence-corrected chi connectivity index (χ2v) is 4.95. The highest BCUT2D eigenvalue weighted by molar-refractivity contribution is 14.1. The van der Waals surface area contributed by atoms with E-state index in [0.717, 1.165) is 15.6 Å². The van der Waals surface area contributed by atoms with Crippen LogP contribution in [-0.2, 0) is 6.42 Å². The molecule has 1 aromatic heterocycles. The van der Waals surface area contributed by atoms with E-state index in [4.69, 9.17) is 0 Å². The number of benzene rings is 1. The van der Waals surface area contributed by atoms with Crippen molar-refractivity contribution in [1.29, 1.82) is 0 Å². The topological polar surface area (TPSA) is 20.2 Å². The van der Waals surface area contributed by atoms with Gasteiger partial charge in [0.05, 0.1) is 0 Å². The lowest BCUT2D eigenvalue weighted by molar-refractivity contribution is 0.470. The third-order valence-electron chi connectivity index (χ3n) is 2.12. The van der Waals surface area contributed by atoms with E-state index in [9.17, 15) is 5.11 Å². The number of rotatable bonds is 1. The van der Waals surface area contributed by atoms with E-state index in [2.05, 4.69) is 41.0 Å². The summed E-state index contributed by atoms with van der Waals surface area (Å²) in [7, 11) is 0. The van der Waals surface area contributed by atoms with Crippen LogP contribution in [0.2, 0.25) is 0 Å². The molecule has 1 heterocycles. The van der Waals surface area contributed by atoms with E-state index in [1.165, 1.54) is 10.1 Å². The summed E-state index contributed by atoms with van der Waals surface area (Å²) >= 11 is 3.96. The molecule has 0 spiro atoms. The molecule has 0 amide bonds. The number of halogens is 1. The third-order valence-corrected chi connectivity index (χ3v) is 3.99. The zero-order valence-corrected chi connectivity index (χ0v) is 10.1. The van der Waals surface area contributed by atoms with Crippen molar-refractivity contribution in [1.82, 2.24) is 0 Å². The zero-order chi connectivity index (χ0) is 9.42. The molecule has 1 N–H and O–H groups in total. The molecule has 0 bridgehead atoms. The number of fused-ring (bicyclic) bond motifs is 1. The first-order chi connectivity index (χ1) is 6.24. The molecular formula is C10H9IOS. The molecular weight excluding hydrogens is 295 g/mol. The Morgan fingerprint density at radius 1 is 1.54 bits per heavy atom. The lowest BCUT2D eigenvalue weighted by Gasteiger charge is -2.04. The molecule has 0 aliphatic carbocycles. The molecule has 2 rings (SSSR count). The monoisotopic (exact) mass is 304 g/mol. The standard InChI is InChI=1S/C10H9IOS/c1-2-6-9(12)5-8(11)7-3-4-13-10(6)7/h3-5,12H,2H2,1H3. The summed E-state index contributed by atoms with van der Waals surface area (Å²) in [6, 6.07) is 3.95. The van der Waals surface area contributed by atoms with Crippen LogP contribution in [0, 0.1) is 3.57 Å². The molecule has 2 aromatic rings. The zero-order valence-electron chi connectivity index (χ0n) is 7.17. The van der Waals surface area contributed by atoms with Gasteiger partial charge in [0.15, 0.2) is 0 Å². The first-order valence-electron chi connectivity index (χ1n) is 4.11. The van der Waals surface area contributed by atoms with Crippen molar-refractivity contribution in [2.75, 3.05) is 0 Å². The summed E-state index contributed by atoms with van der Waals surface area (Å²) in [5, 5.41) is 13.0. The number of phenolic OH excluding ortho intramolecular Hbond substituents is 1. The predicted octanol–water partition coefficient (Wildman–Crippen LogP) is 3.77. The van der Waals surface area contributed by atoms with Crippen molar-refractivity contribution in [3.63, 3.8) is 0 Å². The van der Waals surface area contributed by atoms with E-state index >= 15 is 0 Å². The first-order valence-corrected chi connectivity index (χ1v) is 6.07. The quantitative estimate of drug-likeness (QED) is 0.795. The van der Waals surface area contributed by atoms with Crippen LogP contribution in [0.4, 0.5) is 0 Å². The molecule has 0 unspecified atom stereocenters. The summed E-state index contributed by atoms with van der Waals surface area (Å²) in [4.78, 5) is 0. The van der Waals surface area contributed by atoms with Gasteiger partial charge in [0.25, 0.3) is 0 Å². The summed E-state index contributed by atoms with van der Waals surface area (Å²) in [5.41, 5.74) is 1.07. The molecule has 0 fully saturated rings. The van der Waals surface area contributed by atoms with E-state index in [0.29, 0.717) is 5.75 Å². The molecule has 0 aliphatic rings. The summed E-state index contributed by atoms with van der Waals surface area (Å²) in [5.74, 6) is 0.432. The van der Waals surface area contributed by atoms with Gasteiger partial charge in [-0.15, -0.1) is 11.3 Å². The van der Waals surface area contributed by atoms with Gasteiger partial charge in [-0.1, -0.05) is 6.92 Å². The van der Waals surface area contributed by atoms with Gasteiger partial charge in [0.1, 0.15) is 5.75 Å². The Hall–Kier alpha value is -0.290. The lowest BCUT2D eigenvalue weighted by atomic mass is 10.1. The molecule has 1 aromatic carbocycles. The molecule has 0 saturated heterocycles. The normalized spacial score (nSPS) is 10.9. The van der Waals surface area contributed by atoms with Crippen LogP contribution in [0.1, 0.15) is 12.5 Å². The third kappa shape index (κ3) is 1.44. The first kappa shape index (κ1) is 9.27. The van der Waals surface area contributed by atoms with Crippen LogP contribution in [-0.4, -0.2) is 5.11 Å². The van der Waals surface area contributed by atoms with E-state index in [-0.39, 0.29) is 0 Å². The number of hydrogen-bond acceptors (Lipinski definition) is 2. The summed E-state index contributed by atoms with van der Waals surface area (Å²) < 4.78 is 2.36. The Bertz CT molecular complexity index is 447. The van der Waals surface area contributed by atoms with Crippen molar-refractivity contribution in [3.8, 4) is 5.75 Å². The minimum Gasteiger partial charge on any atom is -0.508 e. The van der Waals surface area contributed by atoms with Gasteiger partial charge in [-0.05, 0) is 46.5 Å². The van der Waals surface area contributed by atoms with Gasteiger partial charge in [-0.3, -0.25) is 0 Å². The number of aromatic hydroxyl groups is 1. The van der Waals surface area contributed by atoms with Crippen molar-refractivity contribution in [2.24, 2.45) is 0 Å². The van der Waals surface area contributed by atoms with Gasteiger partial charge in [0, 0.05) is 19.2 Å². The highest BCUT2D eigenvalue weighted by Crippen LogP contribution is 2.35. The molecule has 68 valence electrons. The Morgan fingerprint density at radius 3 is 3.00 bits per heavy atom. The van der Waals surface area contributed by atoms with Crippen LogP contribution in [0.25, 0.3) is 10.1 Å². The molecule has 0 aliphatic heterocycles. The average molecular weight is 304 g/mol. The maximum absolute atomic E-state index is 9.71. The van der Waals surface area contributed by atoms with Gasteiger partial charge in [-0.2, -0.15) is 0 Å². The Balaban J connectivity index is 2.88. The fourth-order valence-electron chi connectivity index (χ4n) is 1.47. The molecule has 0 atom stereocenters. The lowest BCUT2D eigenvalue weighted by Crippen LogP contribution is -1.84. The predicted molar refractivity (Wildman–Crippen MR) is 65.6 cm³/mol. The van der Waals surface area contributed by atoms with Crippen molar-refractivity contribution < 1.29 is 5.11 Å². The number of aryl methyl sites for hydroxylation is 1. The minimum atomic E-state index is 0.432. The fraction of sp³-hybridized carbons (Fsp3) is 0.200. The van der Waals surface area contributed by atoms with Crippen LogP contribution in [0.5, 0.6) is 5.75 Å². The fourth-order valence-corrected chi connectivity index (χ4v) is 3.44. The van der Waals surface area contributed by atoms with Crippen LogP contribution >= 0.6 is 33.9 Å².